The van der Waals surface area contributed by atoms with Crippen LogP contribution in [0.3, 0.4) is 0 Å². The Morgan fingerprint density at radius 2 is 1.94 bits per heavy atom. The number of benzene rings is 1. The van der Waals surface area contributed by atoms with E-state index in [9.17, 15) is 14.0 Å². The molecule has 1 N–H and O–H groups in total. The molecule has 3 fully saturated rings. The number of nitrogens with zero attached hydrogens (tertiary/aromatic N) is 3. The largest absolute Gasteiger partial charge is 0.450 e. The van der Waals surface area contributed by atoms with Gasteiger partial charge in [-0.05, 0) is 38.0 Å². The molecule has 0 spiro atoms. The van der Waals surface area contributed by atoms with Crippen LogP contribution in [0.1, 0.15) is 39.0 Å². The molecule has 8 nitrogen and oxygen atoms in total. The van der Waals surface area contributed by atoms with Crippen molar-refractivity contribution in [3.8, 4) is 0 Å². The van der Waals surface area contributed by atoms with Gasteiger partial charge < -0.3 is 24.6 Å². The van der Waals surface area contributed by atoms with Crippen LogP contribution in [0, 0.1) is 11.7 Å². The molecule has 2 saturated heterocycles. The maximum Gasteiger partial charge on any atom is 0.414 e. The monoisotopic (exact) mass is 492 g/mol. The Morgan fingerprint density at radius 3 is 2.62 bits per heavy atom. The summed E-state index contributed by atoms with van der Waals surface area (Å²) in [5, 5.41) is 3.28. The van der Waals surface area contributed by atoms with Gasteiger partial charge in [0.15, 0.2) is 0 Å². The summed E-state index contributed by atoms with van der Waals surface area (Å²) in [6, 6.07) is 4.79. The second kappa shape index (κ2) is 11.2. The quantitative estimate of drug-likeness (QED) is 0.603. The van der Waals surface area contributed by atoms with Gasteiger partial charge in [-0.1, -0.05) is 31.5 Å². The van der Waals surface area contributed by atoms with Gasteiger partial charge in [-0.3, -0.25) is 4.90 Å². The first-order chi connectivity index (χ1) is 16.5. The first kappa shape index (κ1) is 24.5. The highest BCUT2D eigenvalue weighted by molar-refractivity contribution is 7.80. The lowest BCUT2D eigenvalue weighted by atomic mass is 9.89. The topological polar surface area (TPSA) is 74.3 Å². The van der Waals surface area contributed by atoms with Crippen LogP contribution in [-0.4, -0.2) is 74.1 Å². The number of halogens is 1. The third kappa shape index (κ3) is 5.71. The Kier molecular flexibility index (Phi) is 8.07. The van der Waals surface area contributed by atoms with Crippen molar-refractivity contribution in [1.29, 1.82) is 0 Å². The van der Waals surface area contributed by atoms with Crippen molar-refractivity contribution in [2.24, 2.45) is 5.92 Å². The second-order valence-electron chi connectivity index (χ2n) is 9.01. The number of carbonyl (C=O) groups excluding carboxylic acids is 2. The number of amides is 2. The number of nitrogens with one attached hydrogen (secondary N) is 1. The van der Waals surface area contributed by atoms with Crippen molar-refractivity contribution in [3.63, 3.8) is 0 Å². The van der Waals surface area contributed by atoms with Gasteiger partial charge in [-0.2, -0.15) is 0 Å². The van der Waals surface area contributed by atoms with Crippen molar-refractivity contribution >= 4 is 40.8 Å². The van der Waals surface area contributed by atoms with Gasteiger partial charge in [-0.25, -0.2) is 14.0 Å². The molecule has 1 aromatic carbocycles. The van der Waals surface area contributed by atoms with E-state index in [0.717, 1.165) is 17.8 Å². The number of cyclic esters (lactones) is 1. The van der Waals surface area contributed by atoms with Crippen LogP contribution >= 0.6 is 12.2 Å². The van der Waals surface area contributed by atoms with Crippen LogP contribution in [0.4, 0.5) is 25.4 Å². The van der Waals surface area contributed by atoms with Crippen LogP contribution in [0.5, 0.6) is 0 Å². The highest BCUT2D eigenvalue weighted by Crippen LogP contribution is 2.29. The Morgan fingerprint density at radius 1 is 1.21 bits per heavy atom. The molecule has 2 aliphatic heterocycles. The number of thiocarbonyl (C=S) groups is 1. The van der Waals surface area contributed by atoms with E-state index in [1.165, 1.54) is 30.2 Å². The van der Waals surface area contributed by atoms with E-state index in [4.69, 9.17) is 21.7 Å². The Bertz CT molecular complexity index is 903. The molecule has 4 rings (SSSR count). The number of hydrogen-bond acceptors (Lipinski definition) is 6. The minimum absolute atomic E-state index is 0.332. The molecule has 186 valence electrons. The average molecular weight is 493 g/mol. The molecule has 3 aliphatic rings. The molecular weight excluding hydrogens is 459 g/mol. The minimum atomic E-state index is -0.481. The predicted octanol–water partition coefficient (Wildman–Crippen LogP) is 3.93. The highest BCUT2D eigenvalue weighted by atomic mass is 32.1. The van der Waals surface area contributed by atoms with Crippen LogP contribution in [0.25, 0.3) is 0 Å². The first-order valence-corrected chi connectivity index (χ1v) is 12.6. The summed E-state index contributed by atoms with van der Waals surface area (Å²) in [5.41, 5.74) is 0.921. The number of rotatable bonds is 6. The van der Waals surface area contributed by atoms with Crippen molar-refractivity contribution in [2.45, 2.75) is 45.1 Å². The fourth-order valence-corrected chi connectivity index (χ4v) is 5.15. The van der Waals surface area contributed by atoms with Gasteiger partial charge in [0.25, 0.3) is 0 Å². The summed E-state index contributed by atoms with van der Waals surface area (Å²) in [4.78, 5) is 30.2. The van der Waals surface area contributed by atoms with E-state index in [1.807, 2.05) is 4.90 Å². The van der Waals surface area contributed by atoms with Gasteiger partial charge in [-0.15, -0.1) is 0 Å². The summed E-state index contributed by atoms with van der Waals surface area (Å²) in [7, 11) is 0. The summed E-state index contributed by atoms with van der Waals surface area (Å²) in [6.45, 7) is 4.86. The molecule has 34 heavy (non-hydrogen) atoms. The zero-order chi connectivity index (χ0) is 24.1. The van der Waals surface area contributed by atoms with E-state index in [-0.39, 0.29) is 12.2 Å². The maximum absolute atomic E-state index is 15.0. The molecule has 1 unspecified atom stereocenters. The van der Waals surface area contributed by atoms with Gasteiger partial charge in [0, 0.05) is 32.1 Å². The van der Waals surface area contributed by atoms with Crippen LogP contribution < -0.4 is 15.1 Å². The fraction of sp³-hybridized carbons (Fsp3) is 0.625. The van der Waals surface area contributed by atoms with Crippen molar-refractivity contribution in [1.82, 2.24) is 10.2 Å². The zero-order valence-corrected chi connectivity index (χ0v) is 20.4. The summed E-state index contributed by atoms with van der Waals surface area (Å²) in [5.74, 6) is 0.00712. The van der Waals surface area contributed by atoms with Gasteiger partial charge in [0.1, 0.15) is 11.9 Å². The molecule has 0 bridgehead atoms. The maximum atomic E-state index is 15.0. The molecule has 0 radical (unpaired) electrons. The SMILES string of the molecule is CCOC(=O)N1CCN(c2ccc(N3CC(CNC(=S)C4CCCCC4)OC3=O)cc2F)CC1. The van der Waals surface area contributed by atoms with Crippen molar-refractivity contribution in [3.05, 3.63) is 24.0 Å². The highest BCUT2D eigenvalue weighted by Gasteiger charge is 2.33. The van der Waals surface area contributed by atoms with E-state index in [2.05, 4.69) is 5.32 Å². The van der Waals surface area contributed by atoms with Crippen LogP contribution in [0.2, 0.25) is 0 Å². The Hall–Kier alpha value is -2.62. The van der Waals surface area contributed by atoms with E-state index in [0.29, 0.717) is 63.2 Å². The fourth-order valence-electron chi connectivity index (χ4n) is 4.83. The predicted molar refractivity (Wildman–Crippen MR) is 132 cm³/mol. The molecule has 2 amide bonds. The van der Waals surface area contributed by atoms with Crippen molar-refractivity contribution < 1.29 is 23.5 Å². The normalized spacial score (nSPS) is 21.4. The van der Waals surface area contributed by atoms with E-state index < -0.39 is 11.9 Å². The molecule has 1 aromatic rings. The smallest absolute Gasteiger partial charge is 0.414 e. The molecule has 10 heteroatoms. The number of carbonyl (C=O) groups is 2. The number of ether oxygens (including phenoxy) is 2. The molecule has 1 saturated carbocycles. The van der Waals surface area contributed by atoms with Gasteiger partial charge >= 0.3 is 12.2 Å². The van der Waals surface area contributed by atoms with E-state index >= 15 is 0 Å². The van der Waals surface area contributed by atoms with Crippen LogP contribution in [-0.2, 0) is 9.47 Å². The Labute approximate surface area is 205 Å². The number of hydrogen-bond donors (Lipinski definition) is 1. The summed E-state index contributed by atoms with van der Waals surface area (Å²) >= 11 is 5.54. The van der Waals surface area contributed by atoms with Crippen LogP contribution in [0.15, 0.2) is 18.2 Å². The Balaban J connectivity index is 1.30. The summed E-state index contributed by atoms with van der Waals surface area (Å²) in [6.07, 6.45) is 4.76. The molecule has 1 aliphatic carbocycles. The lowest BCUT2D eigenvalue weighted by Crippen LogP contribution is -2.49. The molecule has 0 aromatic heterocycles. The third-order valence-electron chi connectivity index (χ3n) is 6.74. The standard InChI is InChI=1S/C24H33FN4O4S/c1-2-32-23(30)28-12-10-27(11-13-28)21-9-8-18(14-20(21)25)29-16-19(33-24(29)31)15-26-22(34)17-6-4-3-5-7-17/h8-9,14,17,19H,2-7,10-13,15-16H2,1H3,(H,26,34). The molecular formula is C24H33FN4O4S. The lowest BCUT2D eigenvalue weighted by molar-refractivity contribution is 0.105. The number of anilines is 2. The second-order valence-corrected chi connectivity index (χ2v) is 9.45. The molecule has 1 atom stereocenters. The minimum Gasteiger partial charge on any atom is -0.450 e. The molecule has 2 heterocycles. The number of piperazine rings is 1. The van der Waals surface area contributed by atoms with Gasteiger partial charge in [0.05, 0.1) is 36.1 Å². The van der Waals surface area contributed by atoms with E-state index in [1.54, 1.807) is 24.0 Å². The lowest BCUT2D eigenvalue weighted by Gasteiger charge is -2.35. The summed E-state index contributed by atoms with van der Waals surface area (Å²) < 4.78 is 25.5. The first-order valence-electron chi connectivity index (χ1n) is 12.2. The zero-order valence-electron chi connectivity index (χ0n) is 19.6. The third-order valence-corrected chi connectivity index (χ3v) is 7.22. The average Bonchev–Trinajstić information content (AvgIpc) is 3.23. The van der Waals surface area contributed by atoms with Crippen molar-refractivity contribution in [2.75, 3.05) is 55.7 Å². The van der Waals surface area contributed by atoms with Gasteiger partial charge in [0.2, 0.25) is 0 Å².